The Labute approximate surface area is 96.2 Å². The van der Waals surface area contributed by atoms with Crippen LogP contribution in [0, 0.1) is 17.8 Å². The number of rotatable bonds is 4. The van der Waals surface area contributed by atoms with Gasteiger partial charge in [-0.3, -0.25) is 4.79 Å². The summed E-state index contributed by atoms with van der Waals surface area (Å²) >= 11 is 0. The predicted molar refractivity (Wildman–Crippen MR) is 59.1 cm³/mol. The van der Waals surface area contributed by atoms with Gasteiger partial charge < -0.3 is 9.84 Å². The van der Waals surface area contributed by atoms with Gasteiger partial charge in [0.15, 0.2) is 0 Å². The van der Waals surface area contributed by atoms with Gasteiger partial charge >= 0.3 is 5.97 Å². The second kappa shape index (κ2) is 3.73. The molecule has 4 saturated carbocycles. The lowest BCUT2D eigenvalue weighted by molar-refractivity contribution is -0.167. The van der Waals surface area contributed by atoms with E-state index < -0.39 is 5.97 Å². The number of hydrogen-bond acceptors (Lipinski definition) is 2. The lowest BCUT2D eigenvalue weighted by Crippen LogP contribution is -2.52. The molecule has 4 aliphatic rings. The van der Waals surface area contributed by atoms with Crippen molar-refractivity contribution >= 4 is 5.97 Å². The van der Waals surface area contributed by atoms with E-state index in [0.29, 0.717) is 6.61 Å². The summed E-state index contributed by atoms with van der Waals surface area (Å²) in [6.45, 7) is 0.404. The summed E-state index contributed by atoms with van der Waals surface area (Å²) in [5.74, 6) is 1.87. The first-order chi connectivity index (χ1) is 7.65. The molecule has 4 rings (SSSR count). The number of carbonyl (C=O) groups is 1. The van der Waals surface area contributed by atoms with Gasteiger partial charge in [-0.25, -0.2) is 0 Å². The van der Waals surface area contributed by atoms with Crippen molar-refractivity contribution in [3.8, 4) is 0 Å². The van der Waals surface area contributed by atoms with Crippen LogP contribution in [0.5, 0.6) is 0 Å². The van der Waals surface area contributed by atoms with E-state index in [-0.39, 0.29) is 12.0 Å². The van der Waals surface area contributed by atoms with Crippen molar-refractivity contribution in [3.63, 3.8) is 0 Å². The Kier molecular flexibility index (Phi) is 2.46. The molecule has 0 aromatic rings. The van der Waals surface area contributed by atoms with Crippen LogP contribution in [-0.4, -0.2) is 23.3 Å². The maximum atomic E-state index is 10.5. The van der Waals surface area contributed by atoms with Crippen LogP contribution in [0.4, 0.5) is 0 Å². The molecule has 0 spiro atoms. The fraction of sp³-hybridized carbons (Fsp3) is 0.923. The number of ether oxygens (including phenoxy) is 1. The zero-order valence-electron chi connectivity index (χ0n) is 9.65. The van der Waals surface area contributed by atoms with Crippen molar-refractivity contribution in [2.24, 2.45) is 17.8 Å². The van der Waals surface area contributed by atoms with Crippen LogP contribution in [0.25, 0.3) is 0 Å². The van der Waals surface area contributed by atoms with E-state index in [1.807, 2.05) is 0 Å². The van der Waals surface area contributed by atoms with Crippen LogP contribution >= 0.6 is 0 Å². The monoisotopic (exact) mass is 224 g/mol. The van der Waals surface area contributed by atoms with Gasteiger partial charge in [0.1, 0.15) is 0 Å². The molecular weight excluding hydrogens is 204 g/mol. The fourth-order valence-corrected chi connectivity index (χ4v) is 4.56. The molecule has 1 N–H and O–H groups in total. The van der Waals surface area contributed by atoms with E-state index >= 15 is 0 Å². The molecule has 0 radical (unpaired) electrons. The molecule has 0 aromatic carbocycles. The summed E-state index contributed by atoms with van der Waals surface area (Å²) in [6.07, 6.45) is 7.95. The fourth-order valence-electron chi connectivity index (χ4n) is 4.56. The van der Waals surface area contributed by atoms with Crippen LogP contribution in [0.2, 0.25) is 0 Å². The molecular formula is C13H20O3. The lowest BCUT2D eigenvalue weighted by atomic mass is 9.54. The Hall–Kier alpha value is -0.570. The Morgan fingerprint density at radius 1 is 1.12 bits per heavy atom. The maximum absolute atomic E-state index is 10.5. The first kappa shape index (κ1) is 10.6. The molecule has 90 valence electrons. The molecule has 4 bridgehead atoms. The number of carboxylic acids is 1. The molecule has 0 amide bonds. The smallest absolute Gasteiger partial charge is 0.305 e. The molecule has 0 heterocycles. The van der Waals surface area contributed by atoms with Crippen molar-refractivity contribution in [2.45, 2.75) is 50.5 Å². The largest absolute Gasteiger partial charge is 0.481 e. The molecule has 4 aliphatic carbocycles. The summed E-state index contributed by atoms with van der Waals surface area (Å²) in [5.41, 5.74) is 0.0736. The highest BCUT2D eigenvalue weighted by Gasteiger charge is 2.51. The normalized spacial score (nSPS) is 44.9. The zero-order chi connectivity index (χ0) is 11.2. The quantitative estimate of drug-likeness (QED) is 0.797. The third-order valence-corrected chi connectivity index (χ3v) is 4.71. The topological polar surface area (TPSA) is 46.5 Å². The van der Waals surface area contributed by atoms with Crippen LogP contribution in [0.1, 0.15) is 44.9 Å². The van der Waals surface area contributed by atoms with Gasteiger partial charge in [0, 0.05) is 0 Å². The van der Waals surface area contributed by atoms with Crippen molar-refractivity contribution < 1.29 is 14.6 Å². The summed E-state index contributed by atoms with van der Waals surface area (Å²) in [4.78, 5) is 10.5. The molecule has 0 aliphatic heterocycles. The van der Waals surface area contributed by atoms with E-state index in [4.69, 9.17) is 9.84 Å². The summed E-state index contributed by atoms with van der Waals surface area (Å²) in [7, 11) is 0. The van der Waals surface area contributed by atoms with Gasteiger partial charge in [-0.1, -0.05) is 0 Å². The number of carboxylic acid groups (broad SMARTS) is 1. The summed E-state index contributed by atoms with van der Waals surface area (Å²) in [6, 6.07) is 0. The lowest BCUT2D eigenvalue weighted by Gasteiger charge is -2.56. The van der Waals surface area contributed by atoms with E-state index in [1.54, 1.807) is 0 Å². The van der Waals surface area contributed by atoms with E-state index in [2.05, 4.69) is 0 Å². The van der Waals surface area contributed by atoms with E-state index in [1.165, 1.54) is 38.5 Å². The van der Waals surface area contributed by atoms with E-state index in [9.17, 15) is 4.79 Å². The Bertz CT molecular complexity index is 262. The predicted octanol–water partition coefficient (Wildman–Crippen LogP) is 2.45. The van der Waals surface area contributed by atoms with Crippen LogP contribution < -0.4 is 0 Å². The second-order valence-electron chi connectivity index (χ2n) is 6.09. The molecule has 0 unspecified atom stereocenters. The Balaban J connectivity index is 1.62. The molecule has 0 saturated heterocycles. The zero-order valence-corrected chi connectivity index (χ0v) is 9.65. The van der Waals surface area contributed by atoms with Gasteiger partial charge in [-0.15, -0.1) is 0 Å². The Morgan fingerprint density at radius 3 is 2.06 bits per heavy atom. The van der Waals surface area contributed by atoms with Gasteiger partial charge in [0.2, 0.25) is 0 Å². The van der Waals surface area contributed by atoms with Gasteiger partial charge in [-0.2, -0.15) is 0 Å². The van der Waals surface area contributed by atoms with Crippen LogP contribution in [0.15, 0.2) is 0 Å². The minimum Gasteiger partial charge on any atom is -0.481 e. The van der Waals surface area contributed by atoms with Crippen molar-refractivity contribution in [1.29, 1.82) is 0 Å². The van der Waals surface area contributed by atoms with E-state index in [0.717, 1.165) is 17.8 Å². The van der Waals surface area contributed by atoms with Gasteiger partial charge in [0.05, 0.1) is 18.6 Å². The third kappa shape index (κ3) is 1.86. The number of aliphatic carboxylic acids is 1. The maximum Gasteiger partial charge on any atom is 0.305 e. The third-order valence-electron chi connectivity index (χ3n) is 4.71. The molecule has 3 nitrogen and oxygen atoms in total. The number of hydrogen-bond donors (Lipinski definition) is 1. The molecule has 4 fully saturated rings. The van der Waals surface area contributed by atoms with Gasteiger partial charge in [-0.05, 0) is 56.3 Å². The highest BCUT2D eigenvalue weighted by atomic mass is 16.5. The van der Waals surface area contributed by atoms with Crippen molar-refractivity contribution in [3.05, 3.63) is 0 Å². The molecule has 0 aromatic heterocycles. The molecule has 16 heavy (non-hydrogen) atoms. The highest BCUT2D eigenvalue weighted by Crippen LogP contribution is 2.57. The second-order valence-corrected chi connectivity index (χ2v) is 6.09. The minimum absolute atomic E-state index is 0.0736. The molecule has 0 atom stereocenters. The Morgan fingerprint density at radius 2 is 1.62 bits per heavy atom. The SMILES string of the molecule is O=C(O)CCOC12CC3CC(CC(C3)C1)C2. The van der Waals surface area contributed by atoms with Crippen molar-refractivity contribution in [1.82, 2.24) is 0 Å². The summed E-state index contributed by atoms with van der Waals surface area (Å²) < 4.78 is 5.97. The van der Waals surface area contributed by atoms with Gasteiger partial charge in [0.25, 0.3) is 0 Å². The van der Waals surface area contributed by atoms with Crippen molar-refractivity contribution in [2.75, 3.05) is 6.61 Å². The molecule has 3 heteroatoms. The average Bonchev–Trinajstić information content (AvgIpc) is 2.13. The minimum atomic E-state index is -0.746. The first-order valence-corrected chi connectivity index (χ1v) is 6.51. The highest BCUT2D eigenvalue weighted by molar-refractivity contribution is 5.66. The summed E-state index contributed by atoms with van der Waals surface area (Å²) in [5, 5.41) is 8.65. The first-order valence-electron chi connectivity index (χ1n) is 6.51. The van der Waals surface area contributed by atoms with Crippen LogP contribution in [0.3, 0.4) is 0 Å². The average molecular weight is 224 g/mol. The standard InChI is InChI=1S/C13H20O3/c14-12(15)1-2-16-13-6-9-3-10(7-13)5-11(4-9)8-13/h9-11H,1-8H2,(H,14,15). The van der Waals surface area contributed by atoms with Crippen LogP contribution in [-0.2, 0) is 9.53 Å².